The first-order chi connectivity index (χ1) is 9.95. The van der Waals surface area contributed by atoms with Crippen molar-refractivity contribution in [3.63, 3.8) is 0 Å². The molecule has 0 saturated heterocycles. The Morgan fingerprint density at radius 3 is 2.71 bits per heavy atom. The Labute approximate surface area is 123 Å². The molecule has 1 N–H and O–H groups in total. The van der Waals surface area contributed by atoms with Crippen molar-refractivity contribution < 1.29 is 13.6 Å². The van der Waals surface area contributed by atoms with E-state index < -0.39 is 11.6 Å². The molecule has 0 aliphatic heterocycles. The molecule has 0 spiro atoms. The van der Waals surface area contributed by atoms with Gasteiger partial charge in [-0.25, -0.2) is 8.78 Å². The van der Waals surface area contributed by atoms with Crippen molar-refractivity contribution in [2.24, 2.45) is 7.05 Å². The topological polar surface area (TPSA) is 46.9 Å². The van der Waals surface area contributed by atoms with Gasteiger partial charge in [-0.05, 0) is 25.1 Å². The van der Waals surface area contributed by atoms with Crippen molar-refractivity contribution >= 4 is 33.1 Å². The number of hydrogen-bond donors (Lipinski definition) is 1. The second kappa shape index (κ2) is 4.92. The number of benzene rings is 1. The summed E-state index contributed by atoms with van der Waals surface area (Å²) in [6, 6.07) is 4.99. The largest absolute Gasteiger partial charge is 0.321 e. The number of thiophene rings is 1. The Kier molecular flexibility index (Phi) is 3.21. The zero-order valence-corrected chi connectivity index (χ0v) is 12.1. The molecule has 4 nitrogen and oxygen atoms in total. The number of carbonyl (C=O) groups excluding carboxylic acids is 1. The second-order valence-corrected chi connectivity index (χ2v) is 5.65. The summed E-state index contributed by atoms with van der Waals surface area (Å²) in [6.07, 6.45) is 0. The zero-order valence-electron chi connectivity index (χ0n) is 11.3. The van der Waals surface area contributed by atoms with Crippen LogP contribution in [0.2, 0.25) is 0 Å². The maximum atomic E-state index is 13.1. The van der Waals surface area contributed by atoms with Crippen molar-refractivity contribution in [2.45, 2.75) is 6.92 Å². The molecular weight excluding hydrogens is 296 g/mol. The van der Waals surface area contributed by atoms with Crippen LogP contribution in [0.15, 0.2) is 24.3 Å². The van der Waals surface area contributed by atoms with Gasteiger partial charge in [-0.2, -0.15) is 5.10 Å². The minimum Gasteiger partial charge on any atom is -0.321 e. The van der Waals surface area contributed by atoms with E-state index in [1.165, 1.54) is 17.4 Å². The van der Waals surface area contributed by atoms with Gasteiger partial charge in [0, 0.05) is 24.2 Å². The van der Waals surface area contributed by atoms with Gasteiger partial charge in [0.15, 0.2) is 11.6 Å². The maximum absolute atomic E-state index is 13.1. The highest BCUT2D eigenvalue weighted by Gasteiger charge is 2.15. The Balaban J connectivity index is 1.89. The number of fused-ring (bicyclic) bond motifs is 1. The molecule has 108 valence electrons. The fourth-order valence-electron chi connectivity index (χ4n) is 2.08. The number of nitrogens with zero attached hydrogens (tertiary/aromatic N) is 2. The second-order valence-electron chi connectivity index (χ2n) is 4.62. The van der Waals surface area contributed by atoms with Crippen LogP contribution >= 0.6 is 11.3 Å². The number of aromatic nitrogens is 2. The van der Waals surface area contributed by atoms with Gasteiger partial charge in [0.2, 0.25) is 0 Å². The van der Waals surface area contributed by atoms with Gasteiger partial charge in [-0.1, -0.05) is 0 Å². The van der Waals surface area contributed by atoms with Gasteiger partial charge in [-0.3, -0.25) is 9.48 Å². The molecule has 3 aromatic rings. The summed E-state index contributed by atoms with van der Waals surface area (Å²) in [5.41, 5.74) is 1.06. The van der Waals surface area contributed by atoms with Gasteiger partial charge >= 0.3 is 0 Å². The molecule has 0 fully saturated rings. The monoisotopic (exact) mass is 307 g/mol. The lowest BCUT2D eigenvalue weighted by Crippen LogP contribution is -2.10. The molecule has 0 saturated carbocycles. The van der Waals surface area contributed by atoms with E-state index in [-0.39, 0.29) is 11.6 Å². The van der Waals surface area contributed by atoms with Crippen LogP contribution in [0.25, 0.3) is 10.2 Å². The number of anilines is 1. The van der Waals surface area contributed by atoms with Crippen molar-refractivity contribution in [3.05, 3.63) is 46.5 Å². The van der Waals surface area contributed by atoms with E-state index in [0.717, 1.165) is 28.0 Å². The quantitative estimate of drug-likeness (QED) is 0.788. The molecule has 0 aliphatic rings. The van der Waals surface area contributed by atoms with Gasteiger partial charge in [0.25, 0.3) is 5.91 Å². The molecule has 0 atom stereocenters. The molecule has 1 aromatic carbocycles. The number of hydrogen-bond acceptors (Lipinski definition) is 3. The maximum Gasteiger partial charge on any atom is 0.265 e. The SMILES string of the molecule is Cc1nn(C)c2sc(C(=O)Nc3ccc(F)c(F)c3)cc12. The number of halogens is 2. The van der Waals surface area contributed by atoms with Crippen LogP contribution in [0, 0.1) is 18.6 Å². The summed E-state index contributed by atoms with van der Waals surface area (Å²) >= 11 is 1.30. The summed E-state index contributed by atoms with van der Waals surface area (Å²) in [7, 11) is 1.81. The molecule has 1 amide bonds. The standard InChI is InChI=1S/C14H11F2N3OS/c1-7-9-6-12(21-14(9)19(2)18-7)13(20)17-8-3-4-10(15)11(16)5-8/h3-6H,1-2H3,(H,17,20). The van der Waals surface area contributed by atoms with Crippen LogP contribution in [-0.2, 0) is 7.05 Å². The molecule has 0 bridgehead atoms. The Bertz CT molecular complexity index is 819. The number of rotatable bonds is 2. The van der Waals surface area contributed by atoms with Crippen LogP contribution < -0.4 is 5.32 Å². The predicted molar refractivity (Wildman–Crippen MR) is 77.6 cm³/mol. The summed E-state index contributed by atoms with van der Waals surface area (Å²) in [5.74, 6) is -2.30. The third-order valence-corrected chi connectivity index (χ3v) is 4.30. The molecule has 0 unspecified atom stereocenters. The van der Waals surface area contributed by atoms with Gasteiger partial charge < -0.3 is 5.32 Å². The first-order valence-electron chi connectivity index (χ1n) is 6.15. The number of aryl methyl sites for hydroxylation is 2. The molecule has 2 heterocycles. The summed E-state index contributed by atoms with van der Waals surface area (Å²) in [6.45, 7) is 1.87. The number of amides is 1. The van der Waals surface area contributed by atoms with Gasteiger partial charge in [0.05, 0.1) is 10.6 Å². The van der Waals surface area contributed by atoms with Gasteiger partial charge in [-0.15, -0.1) is 11.3 Å². The van der Waals surface area contributed by atoms with E-state index in [1.807, 2.05) is 14.0 Å². The van der Waals surface area contributed by atoms with Crippen LogP contribution in [0.3, 0.4) is 0 Å². The molecule has 2 aromatic heterocycles. The summed E-state index contributed by atoms with van der Waals surface area (Å²) in [5, 5.41) is 7.73. The average molecular weight is 307 g/mol. The molecule has 7 heteroatoms. The number of carbonyl (C=O) groups is 1. The van der Waals surface area contributed by atoms with Gasteiger partial charge in [0.1, 0.15) is 4.83 Å². The Morgan fingerprint density at radius 1 is 1.29 bits per heavy atom. The van der Waals surface area contributed by atoms with Crippen molar-refractivity contribution in [1.82, 2.24) is 9.78 Å². The molecule has 0 aliphatic carbocycles. The average Bonchev–Trinajstić information content (AvgIpc) is 2.97. The minimum absolute atomic E-state index is 0.214. The first-order valence-corrected chi connectivity index (χ1v) is 6.97. The molecule has 3 rings (SSSR count). The smallest absolute Gasteiger partial charge is 0.265 e. The van der Waals surface area contributed by atoms with E-state index in [2.05, 4.69) is 10.4 Å². The lowest BCUT2D eigenvalue weighted by Gasteiger charge is -2.03. The number of nitrogens with one attached hydrogen (secondary N) is 1. The van der Waals surface area contributed by atoms with Crippen LogP contribution in [-0.4, -0.2) is 15.7 Å². The normalized spacial score (nSPS) is 11.0. The van der Waals surface area contributed by atoms with Crippen LogP contribution in [0.4, 0.5) is 14.5 Å². The minimum atomic E-state index is -0.996. The van der Waals surface area contributed by atoms with Crippen LogP contribution in [0.1, 0.15) is 15.4 Å². The van der Waals surface area contributed by atoms with Crippen molar-refractivity contribution in [3.8, 4) is 0 Å². The van der Waals surface area contributed by atoms with Crippen molar-refractivity contribution in [2.75, 3.05) is 5.32 Å². The van der Waals surface area contributed by atoms with E-state index in [9.17, 15) is 13.6 Å². The van der Waals surface area contributed by atoms with Crippen LogP contribution in [0.5, 0.6) is 0 Å². The lowest BCUT2D eigenvalue weighted by atomic mass is 10.2. The highest BCUT2D eigenvalue weighted by Crippen LogP contribution is 2.28. The Hall–Kier alpha value is -2.28. The zero-order chi connectivity index (χ0) is 15.1. The Morgan fingerprint density at radius 2 is 2.05 bits per heavy atom. The van der Waals surface area contributed by atoms with E-state index in [4.69, 9.17) is 0 Å². The predicted octanol–water partition coefficient (Wildman–Crippen LogP) is 3.47. The lowest BCUT2D eigenvalue weighted by molar-refractivity contribution is 0.103. The summed E-state index contributed by atoms with van der Waals surface area (Å²) < 4.78 is 27.7. The van der Waals surface area contributed by atoms with Crippen molar-refractivity contribution in [1.29, 1.82) is 0 Å². The van der Waals surface area contributed by atoms with E-state index in [1.54, 1.807) is 10.7 Å². The summed E-state index contributed by atoms with van der Waals surface area (Å²) in [4.78, 5) is 13.5. The fraction of sp³-hybridized carbons (Fsp3) is 0.143. The third-order valence-electron chi connectivity index (χ3n) is 3.10. The van der Waals surface area contributed by atoms with E-state index in [0.29, 0.717) is 4.88 Å². The highest BCUT2D eigenvalue weighted by atomic mass is 32.1. The first kappa shape index (κ1) is 13.7. The molecular formula is C14H11F2N3OS. The molecule has 21 heavy (non-hydrogen) atoms. The molecule has 0 radical (unpaired) electrons. The highest BCUT2D eigenvalue weighted by molar-refractivity contribution is 7.20. The third kappa shape index (κ3) is 2.40. The van der Waals surface area contributed by atoms with E-state index >= 15 is 0 Å². The fourth-order valence-corrected chi connectivity index (χ4v) is 3.10.